The van der Waals surface area contributed by atoms with Gasteiger partial charge in [-0.05, 0) is 38.3 Å². The van der Waals surface area contributed by atoms with Crippen LogP contribution in [0.2, 0.25) is 0 Å². The van der Waals surface area contributed by atoms with Crippen LogP contribution in [0, 0.1) is 0 Å². The van der Waals surface area contributed by atoms with Gasteiger partial charge in [0.15, 0.2) is 11.5 Å². The zero-order valence-electron chi connectivity index (χ0n) is 14.2. The second-order valence-corrected chi connectivity index (χ2v) is 5.82. The lowest BCUT2D eigenvalue weighted by Gasteiger charge is -2.27. The summed E-state index contributed by atoms with van der Waals surface area (Å²) in [5.74, 6) is -0.321. The average molecular weight is 333 g/mol. The van der Waals surface area contributed by atoms with E-state index in [-0.39, 0.29) is 11.9 Å². The molecule has 2 rings (SSSR count). The highest BCUT2D eigenvalue weighted by Gasteiger charge is 2.39. The molecule has 6 nitrogen and oxygen atoms in total. The van der Waals surface area contributed by atoms with Crippen LogP contribution in [0.5, 0.6) is 11.5 Å². The van der Waals surface area contributed by atoms with Crippen LogP contribution in [0.1, 0.15) is 35.7 Å². The van der Waals surface area contributed by atoms with Gasteiger partial charge in [-0.15, -0.1) is 6.58 Å². The third-order valence-corrected chi connectivity index (χ3v) is 4.12. The van der Waals surface area contributed by atoms with Crippen molar-refractivity contribution in [2.75, 3.05) is 14.2 Å². The lowest BCUT2D eigenvalue weighted by atomic mass is 10.0. The first-order chi connectivity index (χ1) is 11.4. The lowest BCUT2D eigenvalue weighted by molar-refractivity contribution is -0.141. The molecule has 0 radical (unpaired) electrons. The number of methoxy groups -OCH3 is 2. The number of amides is 1. The fourth-order valence-corrected chi connectivity index (χ4v) is 2.75. The van der Waals surface area contributed by atoms with Gasteiger partial charge >= 0.3 is 5.97 Å². The van der Waals surface area contributed by atoms with E-state index in [1.165, 1.54) is 26.0 Å². The van der Waals surface area contributed by atoms with Crippen molar-refractivity contribution < 1.29 is 24.2 Å². The maximum atomic E-state index is 12.9. The van der Waals surface area contributed by atoms with Crippen LogP contribution < -0.4 is 9.47 Å². The van der Waals surface area contributed by atoms with Gasteiger partial charge in [-0.3, -0.25) is 4.79 Å². The van der Waals surface area contributed by atoms with Crippen molar-refractivity contribution in [1.82, 2.24) is 4.90 Å². The number of aliphatic carboxylic acids is 1. The summed E-state index contributed by atoms with van der Waals surface area (Å²) < 4.78 is 10.7. The Morgan fingerprint density at radius 2 is 2.04 bits per heavy atom. The molecular formula is C18H23NO5. The minimum Gasteiger partial charge on any atom is -0.493 e. The zero-order chi connectivity index (χ0) is 17.9. The van der Waals surface area contributed by atoms with E-state index in [9.17, 15) is 14.7 Å². The summed E-state index contributed by atoms with van der Waals surface area (Å²) >= 11 is 0. The maximum Gasteiger partial charge on any atom is 0.326 e. The predicted octanol–water partition coefficient (Wildman–Crippen LogP) is 2.51. The standard InChI is InChI=1S/C18H23NO5/c1-5-6-12-9-13(10-15(23-3)16(12)24-4)17(20)19(14-7-8-14)11(2)18(21)22/h5,9-11,14H,1,6-8H2,2-4H3,(H,21,22). The van der Waals surface area contributed by atoms with Crippen LogP contribution in [0.3, 0.4) is 0 Å². The first kappa shape index (κ1) is 17.8. The molecule has 130 valence electrons. The van der Waals surface area contributed by atoms with Crippen LogP contribution >= 0.6 is 0 Å². The third-order valence-electron chi connectivity index (χ3n) is 4.12. The smallest absolute Gasteiger partial charge is 0.326 e. The Kier molecular flexibility index (Phi) is 5.49. The molecular weight excluding hydrogens is 310 g/mol. The highest BCUT2D eigenvalue weighted by molar-refractivity contribution is 5.98. The van der Waals surface area contributed by atoms with E-state index in [2.05, 4.69) is 6.58 Å². The van der Waals surface area contributed by atoms with Crippen molar-refractivity contribution in [2.45, 2.75) is 38.3 Å². The van der Waals surface area contributed by atoms with Crippen LogP contribution in [0.15, 0.2) is 24.8 Å². The summed E-state index contributed by atoms with van der Waals surface area (Å²) in [7, 11) is 3.04. The molecule has 1 fully saturated rings. The number of hydrogen-bond donors (Lipinski definition) is 1. The summed E-state index contributed by atoms with van der Waals surface area (Å²) in [5.41, 5.74) is 1.17. The minimum atomic E-state index is -1.01. The number of carboxylic acids is 1. The van der Waals surface area contributed by atoms with E-state index in [0.29, 0.717) is 23.5 Å². The van der Waals surface area contributed by atoms with Gasteiger partial charge in [-0.25, -0.2) is 4.79 Å². The van der Waals surface area contributed by atoms with Crippen molar-refractivity contribution >= 4 is 11.9 Å². The summed E-state index contributed by atoms with van der Waals surface area (Å²) in [5, 5.41) is 9.29. The first-order valence-corrected chi connectivity index (χ1v) is 7.85. The van der Waals surface area contributed by atoms with Gasteiger partial charge in [-0.1, -0.05) is 6.08 Å². The second-order valence-electron chi connectivity index (χ2n) is 5.82. The number of benzene rings is 1. The molecule has 1 aliphatic rings. The highest BCUT2D eigenvalue weighted by atomic mass is 16.5. The average Bonchev–Trinajstić information content (AvgIpc) is 3.39. The van der Waals surface area contributed by atoms with Gasteiger partial charge in [0.2, 0.25) is 0 Å². The second kappa shape index (κ2) is 7.38. The molecule has 0 aromatic heterocycles. The molecule has 0 saturated heterocycles. The minimum absolute atomic E-state index is 0.0143. The molecule has 0 heterocycles. The third kappa shape index (κ3) is 3.53. The van der Waals surface area contributed by atoms with Gasteiger partial charge in [0.25, 0.3) is 5.91 Å². The fourth-order valence-electron chi connectivity index (χ4n) is 2.75. The Bertz CT molecular complexity index is 651. The fraction of sp³-hybridized carbons (Fsp3) is 0.444. The monoisotopic (exact) mass is 333 g/mol. The zero-order valence-corrected chi connectivity index (χ0v) is 14.2. The molecule has 1 aromatic carbocycles. The van der Waals surface area contributed by atoms with E-state index in [1.54, 1.807) is 18.2 Å². The van der Waals surface area contributed by atoms with Gasteiger partial charge in [-0.2, -0.15) is 0 Å². The van der Waals surface area contributed by atoms with Crippen molar-refractivity contribution in [3.8, 4) is 11.5 Å². The number of hydrogen-bond acceptors (Lipinski definition) is 4. The van der Waals surface area contributed by atoms with E-state index in [1.807, 2.05) is 0 Å². The Hall–Kier alpha value is -2.50. The number of carbonyl (C=O) groups excluding carboxylic acids is 1. The molecule has 1 aromatic rings. The summed E-state index contributed by atoms with van der Waals surface area (Å²) in [6.07, 6.45) is 3.88. The molecule has 1 N–H and O–H groups in total. The van der Waals surface area contributed by atoms with E-state index in [0.717, 1.165) is 18.4 Å². The van der Waals surface area contributed by atoms with Gasteiger partial charge in [0, 0.05) is 17.2 Å². The highest BCUT2D eigenvalue weighted by Crippen LogP contribution is 2.35. The summed E-state index contributed by atoms with van der Waals surface area (Å²) in [4.78, 5) is 25.7. The van der Waals surface area contributed by atoms with Crippen molar-refractivity contribution in [3.63, 3.8) is 0 Å². The SMILES string of the molecule is C=CCc1cc(C(=O)N(C2CC2)C(C)C(=O)O)cc(OC)c1OC. The van der Waals surface area contributed by atoms with Gasteiger partial charge in [0.05, 0.1) is 14.2 Å². The Labute approximate surface area is 141 Å². The van der Waals surface area contributed by atoms with Crippen molar-refractivity contribution in [1.29, 1.82) is 0 Å². The first-order valence-electron chi connectivity index (χ1n) is 7.85. The van der Waals surface area contributed by atoms with E-state index < -0.39 is 12.0 Å². The molecule has 6 heteroatoms. The molecule has 1 atom stereocenters. The van der Waals surface area contributed by atoms with Crippen LogP contribution in [0.25, 0.3) is 0 Å². The Balaban J connectivity index is 2.45. The van der Waals surface area contributed by atoms with E-state index in [4.69, 9.17) is 9.47 Å². The van der Waals surface area contributed by atoms with Crippen molar-refractivity contribution in [2.24, 2.45) is 0 Å². The molecule has 1 amide bonds. The van der Waals surface area contributed by atoms with Gasteiger partial charge < -0.3 is 19.5 Å². The number of allylic oxidation sites excluding steroid dienone is 1. The molecule has 1 aliphatic carbocycles. The van der Waals surface area contributed by atoms with E-state index >= 15 is 0 Å². The molecule has 0 aliphatic heterocycles. The van der Waals surface area contributed by atoms with Crippen molar-refractivity contribution in [3.05, 3.63) is 35.9 Å². The number of carbonyl (C=O) groups is 2. The Morgan fingerprint density at radius 3 is 2.50 bits per heavy atom. The predicted molar refractivity (Wildman–Crippen MR) is 89.7 cm³/mol. The summed E-state index contributed by atoms with van der Waals surface area (Å²) in [6, 6.07) is 2.42. The largest absolute Gasteiger partial charge is 0.493 e. The normalized spacial score (nSPS) is 14.6. The number of ether oxygens (including phenoxy) is 2. The summed E-state index contributed by atoms with van der Waals surface area (Å²) in [6.45, 7) is 5.25. The molecule has 0 bridgehead atoms. The topological polar surface area (TPSA) is 76.1 Å². The van der Waals surface area contributed by atoms with Gasteiger partial charge in [0.1, 0.15) is 6.04 Å². The Morgan fingerprint density at radius 1 is 1.38 bits per heavy atom. The molecule has 1 saturated carbocycles. The molecule has 24 heavy (non-hydrogen) atoms. The van der Waals surface area contributed by atoms with Crippen LogP contribution in [-0.4, -0.2) is 48.2 Å². The number of rotatable bonds is 8. The van der Waals surface area contributed by atoms with Crippen LogP contribution in [-0.2, 0) is 11.2 Å². The van der Waals surface area contributed by atoms with Crippen LogP contribution in [0.4, 0.5) is 0 Å². The number of nitrogens with zero attached hydrogens (tertiary/aromatic N) is 1. The number of carboxylic acid groups (broad SMARTS) is 1. The maximum absolute atomic E-state index is 12.9. The quantitative estimate of drug-likeness (QED) is 0.740. The lowest BCUT2D eigenvalue weighted by Crippen LogP contribution is -2.44. The molecule has 0 spiro atoms. The molecule has 1 unspecified atom stereocenters.